The van der Waals surface area contributed by atoms with Crippen LogP contribution in [0.5, 0.6) is 0 Å². The van der Waals surface area contributed by atoms with E-state index in [1.807, 2.05) is 4.90 Å². The molecule has 6 nitrogen and oxygen atoms in total. The van der Waals surface area contributed by atoms with Gasteiger partial charge in [0.1, 0.15) is 0 Å². The Labute approximate surface area is 105 Å². The zero-order chi connectivity index (χ0) is 12.8. The molecule has 1 fully saturated rings. The fourth-order valence-electron chi connectivity index (χ4n) is 1.98. The topological polar surface area (TPSA) is 75.4 Å². The van der Waals surface area contributed by atoms with Crippen LogP contribution in [0.4, 0.5) is 0 Å². The minimum absolute atomic E-state index is 0.0296. The summed E-state index contributed by atoms with van der Waals surface area (Å²) in [7, 11) is 0. The first-order valence-electron chi connectivity index (χ1n) is 6.20. The minimum atomic E-state index is -0.0296. The van der Waals surface area contributed by atoms with Crippen LogP contribution in [0, 0.1) is 0 Å². The van der Waals surface area contributed by atoms with Crippen LogP contribution in [0.25, 0.3) is 0 Å². The van der Waals surface area contributed by atoms with Crippen molar-refractivity contribution in [2.75, 3.05) is 13.1 Å². The Morgan fingerprint density at radius 3 is 3.11 bits per heavy atom. The van der Waals surface area contributed by atoms with Crippen LogP contribution < -0.4 is 5.32 Å². The molecule has 0 saturated carbocycles. The van der Waals surface area contributed by atoms with Gasteiger partial charge in [0, 0.05) is 32.0 Å². The number of hydrogen-bond donors (Lipinski definition) is 1. The van der Waals surface area contributed by atoms with Crippen molar-refractivity contribution in [3.63, 3.8) is 0 Å². The van der Waals surface area contributed by atoms with Crippen LogP contribution in [0.1, 0.15) is 31.4 Å². The summed E-state index contributed by atoms with van der Waals surface area (Å²) in [5, 5.41) is 6.30. The van der Waals surface area contributed by atoms with Gasteiger partial charge in [0.25, 0.3) is 0 Å². The molecule has 1 aliphatic heterocycles. The largest absolute Gasteiger partial charge is 0.360 e. The van der Waals surface area contributed by atoms with Crippen molar-refractivity contribution in [2.24, 2.45) is 0 Å². The van der Waals surface area contributed by atoms with Gasteiger partial charge in [0.2, 0.25) is 11.8 Å². The van der Waals surface area contributed by atoms with Crippen molar-refractivity contribution in [1.82, 2.24) is 15.4 Å². The molecule has 98 valence electrons. The standard InChI is InChI=1S/C12H17N3O3/c16-11(13-9-10-5-6-14-18-10)3-1-7-15-8-2-4-12(15)17/h5-6H,1-4,7-9H2,(H,13,16). The van der Waals surface area contributed by atoms with Crippen LogP contribution in [0.3, 0.4) is 0 Å². The lowest BCUT2D eigenvalue weighted by Gasteiger charge is -2.14. The Hall–Kier alpha value is -1.85. The Kier molecular flexibility index (Phi) is 4.33. The molecule has 2 amide bonds. The number of hydrogen-bond acceptors (Lipinski definition) is 4. The van der Waals surface area contributed by atoms with E-state index in [1.165, 1.54) is 0 Å². The summed E-state index contributed by atoms with van der Waals surface area (Å²) in [5.74, 6) is 0.813. The van der Waals surface area contributed by atoms with E-state index < -0.39 is 0 Å². The van der Waals surface area contributed by atoms with Gasteiger partial charge in [-0.1, -0.05) is 5.16 Å². The smallest absolute Gasteiger partial charge is 0.222 e. The number of carbonyl (C=O) groups excluding carboxylic acids is 2. The van der Waals surface area contributed by atoms with Crippen molar-refractivity contribution in [3.8, 4) is 0 Å². The third-order valence-corrected chi connectivity index (χ3v) is 2.95. The van der Waals surface area contributed by atoms with E-state index in [-0.39, 0.29) is 11.8 Å². The maximum atomic E-state index is 11.5. The molecule has 0 unspecified atom stereocenters. The van der Waals surface area contributed by atoms with Gasteiger partial charge in [0.05, 0.1) is 12.7 Å². The third kappa shape index (κ3) is 3.58. The molecule has 1 aromatic rings. The fourth-order valence-corrected chi connectivity index (χ4v) is 1.98. The molecule has 0 radical (unpaired) electrons. The van der Waals surface area contributed by atoms with Gasteiger partial charge >= 0.3 is 0 Å². The molecular formula is C12H17N3O3. The SMILES string of the molecule is O=C(CCCN1CCCC1=O)NCc1ccno1. The Bertz CT molecular complexity index is 403. The Balaban J connectivity index is 1.58. The number of nitrogens with zero attached hydrogens (tertiary/aromatic N) is 2. The molecule has 2 rings (SSSR count). The monoisotopic (exact) mass is 251 g/mol. The van der Waals surface area contributed by atoms with Crippen molar-refractivity contribution >= 4 is 11.8 Å². The second-order valence-corrected chi connectivity index (χ2v) is 4.34. The van der Waals surface area contributed by atoms with E-state index >= 15 is 0 Å². The van der Waals surface area contributed by atoms with Gasteiger partial charge in [-0.05, 0) is 12.8 Å². The Morgan fingerprint density at radius 2 is 2.44 bits per heavy atom. The van der Waals surface area contributed by atoms with Crippen LogP contribution >= 0.6 is 0 Å². The maximum Gasteiger partial charge on any atom is 0.222 e. The summed E-state index contributed by atoms with van der Waals surface area (Å²) in [6.07, 6.45) is 4.26. The first-order chi connectivity index (χ1) is 8.75. The average Bonchev–Trinajstić information content (AvgIpc) is 2.99. The molecule has 18 heavy (non-hydrogen) atoms. The van der Waals surface area contributed by atoms with Crippen LogP contribution in [-0.2, 0) is 16.1 Å². The first kappa shape index (κ1) is 12.6. The molecule has 0 bridgehead atoms. The van der Waals surface area contributed by atoms with E-state index in [0.29, 0.717) is 38.1 Å². The molecular weight excluding hydrogens is 234 g/mol. The molecule has 1 N–H and O–H groups in total. The van der Waals surface area contributed by atoms with E-state index in [1.54, 1.807) is 12.3 Å². The van der Waals surface area contributed by atoms with Gasteiger partial charge in [-0.2, -0.15) is 0 Å². The Morgan fingerprint density at radius 1 is 1.56 bits per heavy atom. The van der Waals surface area contributed by atoms with Crippen molar-refractivity contribution in [2.45, 2.75) is 32.2 Å². The molecule has 1 saturated heterocycles. The van der Waals surface area contributed by atoms with Gasteiger partial charge in [0.15, 0.2) is 5.76 Å². The number of likely N-dealkylation sites (tertiary alicyclic amines) is 1. The predicted molar refractivity (Wildman–Crippen MR) is 63.4 cm³/mol. The van der Waals surface area contributed by atoms with Crippen molar-refractivity contribution < 1.29 is 14.1 Å². The highest BCUT2D eigenvalue weighted by atomic mass is 16.5. The highest BCUT2D eigenvalue weighted by Gasteiger charge is 2.19. The van der Waals surface area contributed by atoms with E-state index in [9.17, 15) is 9.59 Å². The second-order valence-electron chi connectivity index (χ2n) is 4.34. The zero-order valence-corrected chi connectivity index (χ0v) is 10.2. The number of rotatable bonds is 6. The summed E-state index contributed by atoms with van der Waals surface area (Å²) in [4.78, 5) is 24.7. The van der Waals surface area contributed by atoms with Crippen molar-refractivity contribution in [1.29, 1.82) is 0 Å². The fraction of sp³-hybridized carbons (Fsp3) is 0.583. The van der Waals surface area contributed by atoms with E-state index in [2.05, 4.69) is 10.5 Å². The summed E-state index contributed by atoms with van der Waals surface area (Å²) in [5.41, 5.74) is 0. The van der Waals surface area contributed by atoms with Gasteiger partial charge < -0.3 is 14.7 Å². The lowest BCUT2D eigenvalue weighted by atomic mass is 10.2. The van der Waals surface area contributed by atoms with Crippen LogP contribution in [-0.4, -0.2) is 35.0 Å². The van der Waals surface area contributed by atoms with Gasteiger partial charge in [-0.15, -0.1) is 0 Å². The lowest BCUT2D eigenvalue weighted by molar-refractivity contribution is -0.128. The summed E-state index contributed by atoms with van der Waals surface area (Å²) >= 11 is 0. The highest BCUT2D eigenvalue weighted by molar-refractivity contribution is 5.78. The molecule has 0 atom stereocenters. The average molecular weight is 251 g/mol. The highest BCUT2D eigenvalue weighted by Crippen LogP contribution is 2.10. The molecule has 6 heteroatoms. The van der Waals surface area contributed by atoms with Crippen molar-refractivity contribution in [3.05, 3.63) is 18.0 Å². The number of aromatic nitrogens is 1. The minimum Gasteiger partial charge on any atom is -0.360 e. The molecule has 1 aromatic heterocycles. The molecule has 0 aromatic carbocycles. The number of nitrogens with one attached hydrogen (secondary N) is 1. The quantitative estimate of drug-likeness (QED) is 0.807. The lowest BCUT2D eigenvalue weighted by Crippen LogP contribution is -2.28. The normalized spacial score (nSPS) is 15.1. The summed E-state index contributed by atoms with van der Waals surface area (Å²) < 4.78 is 4.87. The maximum absolute atomic E-state index is 11.5. The zero-order valence-electron chi connectivity index (χ0n) is 10.2. The van der Waals surface area contributed by atoms with Crippen LogP contribution in [0.2, 0.25) is 0 Å². The summed E-state index contributed by atoms with van der Waals surface area (Å²) in [6.45, 7) is 1.87. The first-order valence-corrected chi connectivity index (χ1v) is 6.20. The van der Waals surface area contributed by atoms with Gasteiger partial charge in [-0.3, -0.25) is 9.59 Å². The van der Waals surface area contributed by atoms with Crippen LogP contribution in [0.15, 0.2) is 16.8 Å². The molecule has 0 aliphatic carbocycles. The predicted octanol–water partition coefficient (Wildman–Crippen LogP) is 0.693. The molecule has 1 aliphatic rings. The summed E-state index contributed by atoms with van der Waals surface area (Å²) in [6, 6.07) is 1.71. The van der Waals surface area contributed by atoms with E-state index in [4.69, 9.17) is 4.52 Å². The third-order valence-electron chi connectivity index (χ3n) is 2.95. The number of carbonyl (C=O) groups is 2. The van der Waals surface area contributed by atoms with E-state index in [0.717, 1.165) is 13.0 Å². The second kappa shape index (κ2) is 6.18. The molecule has 2 heterocycles. The van der Waals surface area contributed by atoms with Gasteiger partial charge in [-0.25, -0.2) is 0 Å². The number of amides is 2. The molecule has 0 spiro atoms.